The summed E-state index contributed by atoms with van der Waals surface area (Å²) in [6.45, 7) is 9.40. The van der Waals surface area contributed by atoms with Crippen LogP contribution in [0, 0.1) is 11.8 Å². The van der Waals surface area contributed by atoms with Crippen LogP contribution in [0.5, 0.6) is 0 Å². The van der Waals surface area contributed by atoms with Crippen molar-refractivity contribution < 1.29 is 0 Å². The molecule has 0 spiro atoms. The van der Waals surface area contributed by atoms with E-state index in [-0.39, 0.29) is 0 Å². The molecule has 0 saturated carbocycles. The molecule has 0 radical (unpaired) electrons. The van der Waals surface area contributed by atoms with Crippen molar-refractivity contribution in [2.45, 2.75) is 85.5 Å². The van der Waals surface area contributed by atoms with E-state index in [4.69, 9.17) is 0 Å². The first-order chi connectivity index (χ1) is 7.24. The van der Waals surface area contributed by atoms with Gasteiger partial charge in [-0.3, -0.25) is 0 Å². The van der Waals surface area contributed by atoms with Gasteiger partial charge in [0, 0.05) is 0 Å². The molecule has 2 atom stereocenters. The third kappa shape index (κ3) is 8.96. The predicted octanol–water partition coefficient (Wildman–Crippen LogP) is 5.81. The Balaban J connectivity index is 3.57. The number of hydrogen-bond donors (Lipinski definition) is 0. The standard InChI is InChI=1S/C15H32/c1-5-8-10-12-15(7-3)13-14(4)11-9-6-2/h14-15H,5-13H2,1-4H3. The number of unbranched alkanes of at least 4 members (excludes halogenated alkanes) is 3. The van der Waals surface area contributed by atoms with Crippen molar-refractivity contribution in [2.24, 2.45) is 11.8 Å². The van der Waals surface area contributed by atoms with Crippen molar-refractivity contribution in [3.8, 4) is 0 Å². The summed E-state index contributed by atoms with van der Waals surface area (Å²) in [4.78, 5) is 0. The fraction of sp³-hybridized carbons (Fsp3) is 1.00. The quantitative estimate of drug-likeness (QED) is 0.401. The second-order valence-corrected chi connectivity index (χ2v) is 5.25. The Morgan fingerprint density at radius 2 is 1.47 bits per heavy atom. The average Bonchev–Trinajstić information content (AvgIpc) is 2.25. The van der Waals surface area contributed by atoms with E-state index in [0.717, 1.165) is 11.8 Å². The van der Waals surface area contributed by atoms with Gasteiger partial charge >= 0.3 is 0 Å². The first-order valence-corrected chi connectivity index (χ1v) is 7.24. The van der Waals surface area contributed by atoms with E-state index in [0.29, 0.717) is 0 Å². The molecule has 0 bridgehead atoms. The van der Waals surface area contributed by atoms with Crippen molar-refractivity contribution >= 4 is 0 Å². The normalized spacial score (nSPS) is 15.2. The van der Waals surface area contributed by atoms with Gasteiger partial charge in [-0.05, 0) is 18.3 Å². The summed E-state index contributed by atoms with van der Waals surface area (Å²) in [6, 6.07) is 0. The number of rotatable bonds is 10. The molecule has 0 aromatic rings. The van der Waals surface area contributed by atoms with Gasteiger partial charge < -0.3 is 0 Å². The van der Waals surface area contributed by atoms with E-state index in [1.807, 2.05) is 0 Å². The molecule has 2 unspecified atom stereocenters. The molecule has 0 N–H and O–H groups in total. The summed E-state index contributed by atoms with van der Waals surface area (Å²) >= 11 is 0. The Labute approximate surface area is 97.8 Å². The van der Waals surface area contributed by atoms with E-state index < -0.39 is 0 Å². The molecule has 0 aromatic heterocycles. The third-order valence-corrected chi connectivity index (χ3v) is 3.58. The van der Waals surface area contributed by atoms with Gasteiger partial charge in [-0.1, -0.05) is 79.1 Å². The van der Waals surface area contributed by atoms with Gasteiger partial charge in [0.2, 0.25) is 0 Å². The minimum atomic E-state index is 0.955. The van der Waals surface area contributed by atoms with Crippen LogP contribution in [0.4, 0.5) is 0 Å². The third-order valence-electron chi connectivity index (χ3n) is 3.58. The molecule has 92 valence electrons. The summed E-state index contributed by atoms with van der Waals surface area (Å²) in [6.07, 6.45) is 12.8. The minimum Gasteiger partial charge on any atom is -0.0654 e. The maximum Gasteiger partial charge on any atom is -0.0414 e. The summed E-state index contributed by atoms with van der Waals surface area (Å²) in [7, 11) is 0. The zero-order valence-corrected chi connectivity index (χ0v) is 11.5. The van der Waals surface area contributed by atoms with Crippen LogP contribution in [0.3, 0.4) is 0 Å². The van der Waals surface area contributed by atoms with Crippen LogP contribution in [0.15, 0.2) is 0 Å². The molecular weight excluding hydrogens is 180 g/mol. The van der Waals surface area contributed by atoms with Crippen LogP contribution in [0.25, 0.3) is 0 Å². The van der Waals surface area contributed by atoms with E-state index >= 15 is 0 Å². The van der Waals surface area contributed by atoms with Crippen LogP contribution in [-0.4, -0.2) is 0 Å². The number of hydrogen-bond acceptors (Lipinski definition) is 0. The highest BCUT2D eigenvalue weighted by Gasteiger charge is 2.10. The topological polar surface area (TPSA) is 0 Å². The fourth-order valence-electron chi connectivity index (χ4n) is 2.41. The van der Waals surface area contributed by atoms with Crippen LogP contribution in [0.2, 0.25) is 0 Å². The molecule has 15 heavy (non-hydrogen) atoms. The Kier molecular flexibility index (Phi) is 10.5. The fourth-order valence-corrected chi connectivity index (χ4v) is 2.41. The monoisotopic (exact) mass is 212 g/mol. The summed E-state index contributed by atoms with van der Waals surface area (Å²) < 4.78 is 0. The Hall–Kier alpha value is 0. The van der Waals surface area contributed by atoms with E-state index in [1.54, 1.807) is 0 Å². The molecule has 0 aromatic carbocycles. The maximum absolute atomic E-state index is 2.44. The molecule has 0 nitrogen and oxygen atoms in total. The van der Waals surface area contributed by atoms with E-state index in [9.17, 15) is 0 Å². The second-order valence-electron chi connectivity index (χ2n) is 5.25. The van der Waals surface area contributed by atoms with Gasteiger partial charge in [-0.15, -0.1) is 0 Å². The summed E-state index contributed by atoms with van der Waals surface area (Å²) in [5, 5.41) is 0. The molecule has 0 heterocycles. The molecule has 0 rings (SSSR count). The van der Waals surface area contributed by atoms with Gasteiger partial charge in [-0.25, -0.2) is 0 Å². The zero-order valence-electron chi connectivity index (χ0n) is 11.5. The second kappa shape index (κ2) is 10.5. The lowest BCUT2D eigenvalue weighted by molar-refractivity contribution is 0.333. The van der Waals surface area contributed by atoms with Crippen molar-refractivity contribution in [3.63, 3.8) is 0 Å². The Bertz CT molecular complexity index is 117. The highest BCUT2D eigenvalue weighted by molar-refractivity contribution is 4.63. The van der Waals surface area contributed by atoms with Crippen molar-refractivity contribution in [1.29, 1.82) is 0 Å². The van der Waals surface area contributed by atoms with Crippen molar-refractivity contribution in [2.75, 3.05) is 0 Å². The molecule has 0 fully saturated rings. The summed E-state index contributed by atoms with van der Waals surface area (Å²) in [5.41, 5.74) is 0. The zero-order chi connectivity index (χ0) is 11.5. The van der Waals surface area contributed by atoms with Crippen LogP contribution >= 0.6 is 0 Å². The summed E-state index contributed by atoms with van der Waals surface area (Å²) in [5.74, 6) is 1.96. The molecule has 0 aliphatic carbocycles. The molecule has 0 aliphatic heterocycles. The maximum atomic E-state index is 2.44. The van der Waals surface area contributed by atoms with E-state index in [2.05, 4.69) is 27.7 Å². The highest BCUT2D eigenvalue weighted by atomic mass is 14.2. The lowest BCUT2D eigenvalue weighted by atomic mass is 9.87. The van der Waals surface area contributed by atoms with Crippen molar-refractivity contribution in [1.82, 2.24) is 0 Å². The van der Waals surface area contributed by atoms with Gasteiger partial charge in [0.05, 0.1) is 0 Å². The first kappa shape index (κ1) is 15.0. The SMILES string of the molecule is CCCCCC(CC)CC(C)CCCC. The predicted molar refractivity (Wildman–Crippen MR) is 71.2 cm³/mol. The molecular formula is C15H32. The molecule has 0 saturated heterocycles. The van der Waals surface area contributed by atoms with Crippen LogP contribution in [0.1, 0.15) is 85.5 Å². The Morgan fingerprint density at radius 1 is 0.800 bits per heavy atom. The molecule has 0 aliphatic rings. The van der Waals surface area contributed by atoms with Crippen molar-refractivity contribution in [3.05, 3.63) is 0 Å². The smallest absolute Gasteiger partial charge is 0.0414 e. The average molecular weight is 212 g/mol. The Morgan fingerprint density at radius 3 is 2.00 bits per heavy atom. The van der Waals surface area contributed by atoms with Crippen LogP contribution < -0.4 is 0 Å². The van der Waals surface area contributed by atoms with Gasteiger partial charge in [0.25, 0.3) is 0 Å². The molecule has 0 heteroatoms. The lowest BCUT2D eigenvalue weighted by Gasteiger charge is -2.19. The molecule has 0 amide bonds. The lowest BCUT2D eigenvalue weighted by Crippen LogP contribution is -2.06. The van der Waals surface area contributed by atoms with Crippen LogP contribution in [-0.2, 0) is 0 Å². The largest absolute Gasteiger partial charge is 0.0654 e. The minimum absolute atomic E-state index is 0.955. The first-order valence-electron chi connectivity index (χ1n) is 7.24. The van der Waals surface area contributed by atoms with E-state index in [1.165, 1.54) is 57.8 Å². The van der Waals surface area contributed by atoms with Gasteiger partial charge in [-0.2, -0.15) is 0 Å². The van der Waals surface area contributed by atoms with Gasteiger partial charge in [0.1, 0.15) is 0 Å². The highest BCUT2D eigenvalue weighted by Crippen LogP contribution is 2.24. The van der Waals surface area contributed by atoms with Gasteiger partial charge in [0.15, 0.2) is 0 Å².